The van der Waals surface area contributed by atoms with Gasteiger partial charge in [0.1, 0.15) is 11.8 Å². The molecule has 13 heteroatoms. The molecule has 0 aliphatic rings. The number of aliphatic carboxylic acids is 2. The summed E-state index contributed by atoms with van der Waals surface area (Å²) in [5.41, 5.74) is 11.8. The monoisotopic (exact) mass is 683 g/mol. The lowest BCUT2D eigenvalue weighted by atomic mass is 10.0. The van der Waals surface area contributed by atoms with Crippen LogP contribution in [0.5, 0.6) is 0 Å². The molecular weight excluding hydrogens is 618 g/mol. The first-order valence-corrected chi connectivity index (χ1v) is 18.3. The number of nitrogens with one attached hydrogen (secondary N) is 3. The number of hydrogen-bond donors (Lipinski definition) is 7. The second kappa shape index (κ2) is 30.0. The normalized spacial score (nSPS) is 12.9. The second-order valence-electron chi connectivity index (χ2n) is 12.8. The topological polar surface area (TPSA) is 231 Å². The first-order chi connectivity index (χ1) is 23.0. The molecule has 9 N–H and O–H groups in total. The fourth-order valence-corrected chi connectivity index (χ4v) is 5.32. The Bertz CT molecular complexity index is 933. The van der Waals surface area contributed by atoms with Crippen molar-refractivity contribution in [1.29, 1.82) is 0 Å². The minimum atomic E-state index is -1.17. The number of Topliss-reactive ketones (excluding diaryl/α,β-unsaturated/α-hetero) is 1. The zero-order chi connectivity index (χ0) is 36.0. The molecule has 48 heavy (non-hydrogen) atoms. The molecule has 0 radical (unpaired) electrons. The number of carboxylic acids is 2. The highest BCUT2D eigenvalue weighted by molar-refractivity contribution is 5.84. The third-order valence-corrected chi connectivity index (χ3v) is 8.44. The Morgan fingerprint density at radius 1 is 0.542 bits per heavy atom. The Labute approximate surface area is 287 Å². The molecule has 0 bridgehead atoms. The maximum Gasteiger partial charge on any atom is 0.326 e. The number of unbranched alkanes of at least 4 members (excludes halogenated alkanes) is 13. The molecule has 278 valence electrons. The van der Waals surface area contributed by atoms with Crippen molar-refractivity contribution in [2.24, 2.45) is 11.5 Å². The molecule has 0 saturated heterocycles. The molecule has 0 aromatic carbocycles. The Hall–Kier alpha value is -3.06. The number of carbonyl (C=O) groups is 6. The van der Waals surface area contributed by atoms with Crippen LogP contribution in [0.15, 0.2) is 0 Å². The lowest BCUT2D eigenvalue weighted by Gasteiger charge is -2.15. The molecule has 0 saturated carbocycles. The number of rotatable bonds is 33. The third-order valence-electron chi connectivity index (χ3n) is 8.44. The Balaban J connectivity index is 3.86. The van der Waals surface area contributed by atoms with Crippen LogP contribution < -0.4 is 27.4 Å². The standard InChI is InChI=1S/C35H65N5O8/c1-2-30(41)27(36)19-15-18-26-39-34(46)28(37)20-16-17-25-38-31(42)24-23-29(35(47)48)40-32(43)21-13-11-9-7-5-3-4-6-8-10-12-14-22-33(44)45/h27-29H,2-26,36-37H2,1H3,(H,38,42)(H,39,46)(H,40,43)(H,44,45)(H,47,48)/t27-,28-,29-/m0/s1. The van der Waals surface area contributed by atoms with E-state index in [1.165, 1.54) is 19.3 Å². The summed E-state index contributed by atoms with van der Waals surface area (Å²) in [6.07, 6.45) is 17.1. The van der Waals surface area contributed by atoms with Gasteiger partial charge >= 0.3 is 11.9 Å². The number of amides is 3. The van der Waals surface area contributed by atoms with Crippen LogP contribution >= 0.6 is 0 Å². The van der Waals surface area contributed by atoms with Crippen molar-refractivity contribution in [3.63, 3.8) is 0 Å². The Morgan fingerprint density at radius 3 is 1.52 bits per heavy atom. The highest BCUT2D eigenvalue weighted by atomic mass is 16.4. The van der Waals surface area contributed by atoms with Crippen LogP contribution in [-0.2, 0) is 28.8 Å². The Kier molecular flexibility index (Phi) is 28.1. The predicted octanol–water partition coefficient (Wildman–Crippen LogP) is 4.09. The van der Waals surface area contributed by atoms with Gasteiger partial charge in [0.25, 0.3) is 0 Å². The summed E-state index contributed by atoms with van der Waals surface area (Å²) >= 11 is 0. The summed E-state index contributed by atoms with van der Waals surface area (Å²) in [6.45, 7) is 2.63. The van der Waals surface area contributed by atoms with Crippen LogP contribution in [0.3, 0.4) is 0 Å². The first-order valence-electron chi connectivity index (χ1n) is 18.3. The van der Waals surface area contributed by atoms with Crippen molar-refractivity contribution in [3.05, 3.63) is 0 Å². The Morgan fingerprint density at radius 2 is 1.02 bits per heavy atom. The average molecular weight is 684 g/mol. The van der Waals surface area contributed by atoms with Gasteiger partial charge in [-0.05, 0) is 57.8 Å². The van der Waals surface area contributed by atoms with Gasteiger partial charge in [-0.15, -0.1) is 0 Å². The van der Waals surface area contributed by atoms with E-state index in [-0.39, 0.29) is 49.2 Å². The van der Waals surface area contributed by atoms with Crippen LogP contribution in [0.4, 0.5) is 0 Å². The molecular formula is C35H65N5O8. The van der Waals surface area contributed by atoms with Crippen LogP contribution in [0.1, 0.15) is 155 Å². The quantitative estimate of drug-likeness (QED) is 0.0490. The minimum absolute atomic E-state index is 0.00113. The van der Waals surface area contributed by atoms with Gasteiger partial charge in [0.05, 0.1) is 12.1 Å². The van der Waals surface area contributed by atoms with Gasteiger partial charge in [-0.2, -0.15) is 0 Å². The van der Waals surface area contributed by atoms with Gasteiger partial charge in [0, 0.05) is 38.8 Å². The SMILES string of the molecule is CCC(=O)[C@@H](N)CCCCNC(=O)[C@@H](N)CCCCNC(=O)CC[C@H](NC(=O)CCCCCCCCCCCCCCC(=O)O)C(=O)O. The summed E-state index contributed by atoms with van der Waals surface area (Å²) in [7, 11) is 0. The zero-order valence-electron chi connectivity index (χ0n) is 29.4. The van der Waals surface area contributed by atoms with Gasteiger partial charge in [-0.25, -0.2) is 4.79 Å². The molecule has 13 nitrogen and oxygen atoms in total. The van der Waals surface area contributed by atoms with Crippen molar-refractivity contribution in [3.8, 4) is 0 Å². The maximum atomic E-state index is 12.3. The highest BCUT2D eigenvalue weighted by Crippen LogP contribution is 2.13. The van der Waals surface area contributed by atoms with Gasteiger partial charge in [-0.3, -0.25) is 24.0 Å². The van der Waals surface area contributed by atoms with Crippen molar-refractivity contribution < 1.29 is 39.0 Å². The molecule has 0 rings (SSSR count). The van der Waals surface area contributed by atoms with Gasteiger partial charge in [-0.1, -0.05) is 71.1 Å². The third kappa shape index (κ3) is 26.9. The number of nitrogens with two attached hydrogens (primary N) is 2. The fraction of sp³-hybridized carbons (Fsp3) is 0.829. The number of carbonyl (C=O) groups excluding carboxylic acids is 4. The summed E-state index contributed by atoms with van der Waals surface area (Å²) in [5, 5.41) is 26.2. The summed E-state index contributed by atoms with van der Waals surface area (Å²) in [4.78, 5) is 70.2. The van der Waals surface area contributed by atoms with E-state index in [2.05, 4.69) is 16.0 Å². The molecule has 0 fully saturated rings. The minimum Gasteiger partial charge on any atom is -0.481 e. The van der Waals surface area contributed by atoms with E-state index in [1.54, 1.807) is 6.92 Å². The average Bonchev–Trinajstić information content (AvgIpc) is 3.05. The summed E-state index contributed by atoms with van der Waals surface area (Å²) in [6, 6.07) is -2.22. The van der Waals surface area contributed by atoms with E-state index in [0.29, 0.717) is 58.0 Å². The van der Waals surface area contributed by atoms with Crippen LogP contribution in [0.2, 0.25) is 0 Å². The van der Waals surface area contributed by atoms with Crippen LogP contribution in [0.25, 0.3) is 0 Å². The molecule has 0 aromatic rings. The van der Waals surface area contributed by atoms with E-state index < -0.39 is 30.1 Å². The number of hydrogen-bond acceptors (Lipinski definition) is 8. The largest absolute Gasteiger partial charge is 0.481 e. The van der Waals surface area contributed by atoms with Crippen LogP contribution in [0, 0.1) is 0 Å². The predicted molar refractivity (Wildman–Crippen MR) is 186 cm³/mol. The van der Waals surface area contributed by atoms with Gasteiger partial charge in [0.2, 0.25) is 17.7 Å². The molecule has 0 aliphatic heterocycles. The van der Waals surface area contributed by atoms with E-state index in [1.807, 2.05) is 0 Å². The molecule has 0 heterocycles. The van der Waals surface area contributed by atoms with Gasteiger partial charge < -0.3 is 37.6 Å². The molecule has 3 amide bonds. The molecule has 3 atom stereocenters. The van der Waals surface area contributed by atoms with Crippen LogP contribution in [-0.4, -0.2) is 76.9 Å². The van der Waals surface area contributed by atoms with Crippen molar-refractivity contribution >= 4 is 35.4 Å². The second-order valence-corrected chi connectivity index (χ2v) is 12.8. The first kappa shape index (κ1) is 44.9. The van der Waals surface area contributed by atoms with E-state index in [9.17, 15) is 33.9 Å². The maximum absolute atomic E-state index is 12.3. The molecule has 0 unspecified atom stereocenters. The highest BCUT2D eigenvalue weighted by Gasteiger charge is 2.21. The summed E-state index contributed by atoms with van der Waals surface area (Å²) in [5.74, 6) is -2.71. The van der Waals surface area contributed by atoms with E-state index in [4.69, 9.17) is 16.6 Å². The summed E-state index contributed by atoms with van der Waals surface area (Å²) < 4.78 is 0. The molecule has 0 spiro atoms. The van der Waals surface area contributed by atoms with E-state index in [0.717, 1.165) is 57.8 Å². The molecule has 0 aromatic heterocycles. The fourth-order valence-electron chi connectivity index (χ4n) is 5.32. The van der Waals surface area contributed by atoms with Crippen molar-refractivity contribution in [1.82, 2.24) is 16.0 Å². The smallest absolute Gasteiger partial charge is 0.326 e. The van der Waals surface area contributed by atoms with Crippen molar-refractivity contribution in [2.45, 2.75) is 173 Å². The lowest BCUT2D eigenvalue weighted by molar-refractivity contribution is -0.142. The zero-order valence-corrected chi connectivity index (χ0v) is 29.4. The number of carboxylic acid groups (broad SMARTS) is 2. The lowest BCUT2D eigenvalue weighted by Crippen LogP contribution is -2.41. The number of ketones is 1. The van der Waals surface area contributed by atoms with E-state index >= 15 is 0 Å². The molecule has 0 aliphatic carbocycles. The van der Waals surface area contributed by atoms with Gasteiger partial charge in [0.15, 0.2) is 0 Å². The van der Waals surface area contributed by atoms with Crippen molar-refractivity contribution in [2.75, 3.05) is 13.1 Å².